The third-order valence-electron chi connectivity index (χ3n) is 2.22. The van der Waals surface area contributed by atoms with Gasteiger partial charge in [-0.1, -0.05) is 29.8 Å². The van der Waals surface area contributed by atoms with Crippen LogP contribution in [0, 0.1) is 0 Å². The summed E-state index contributed by atoms with van der Waals surface area (Å²) in [6.45, 7) is 1.99. The highest BCUT2D eigenvalue weighted by Crippen LogP contribution is 2.22. The summed E-state index contributed by atoms with van der Waals surface area (Å²) in [5, 5.41) is 12.1. The minimum absolute atomic E-state index is 0.0455. The van der Waals surface area contributed by atoms with E-state index in [0.717, 1.165) is 5.56 Å². The number of carbonyl (C=O) groups excluding carboxylic acids is 1. The van der Waals surface area contributed by atoms with Crippen molar-refractivity contribution in [2.24, 2.45) is 0 Å². The van der Waals surface area contributed by atoms with Gasteiger partial charge in [0, 0.05) is 10.8 Å². The van der Waals surface area contributed by atoms with Gasteiger partial charge in [0.25, 0.3) is 0 Å². The van der Waals surface area contributed by atoms with Crippen LogP contribution in [0.5, 0.6) is 0 Å². The maximum Gasteiger partial charge on any atom is 0.230 e. The monoisotopic (exact) mass is 273 g/mol. The SMILES string of the molecule is CC(NC(=O)CSCCO)c1ccccc1Cl. The average molecular weight is 274 g/mol. The summed E-state index contributed by atoms with van der Waals surface area (Å²) < 4.78 is 0. The Morgan fingerprint density at radius 3 is 2.88 bits per heavy atom. The van der Waals surface area contributed by atoms with Crippen molar-refractivity contribution in [3.05, 3.63) is 34.9 Å². The van der Waals surface area contributed by atoms with Crippen LogP contribution < -0.4 is 5.32 Å². The van der Waals surface area contributed by atoms with Gasteiger partial charge >= 0.3 is 0 Å². The van der Waals surface area contributed by atoms with Gasteiger partial charge in [0.15, 0.2) is 0 Å². The molecule has 2 N–H and O–H groups in total. The van der Waals surface area contributed by atoms with Gasteiger partial charge in [-0.25, -0.2) is 0 Å². The van der Waals surface area contributed by atoms with Crippen LogP contribution in [0.1, 0.15) is 18.5 Å². The van der Waals surface area contributed by atoms with Gasteiger partial charge in [-0.15, -0.1) is 11.8 Å². The minimum Gasteiger partial charge on any atom is -0.396 e. The first-order valence-electron chi connectivity index (χ1n) is 5.37. The smallest absolute Gasteiger partial charge is 0.230 e. The molecule has 0 bridgehead atoms. The van der Waals surface area contributed by atoms with E-state index in [2.05, 4.69) is 5.32 Å². The molecule has 0 heterocycles. The maximum atomic E-state index is 11.6. The maximum absolute atomic E-state index is 11.6. The minimum atomic E-state index is -0.106. The standard InChI is InChI=1S/C12H16ClNO2S/c1-9(10-4-2-3-5-11(10)13)14-12(16)8-17-7-6-15/h2-5,9,15H,6-8H2,1H3,(H,14,16). The number of hydrogen-bond acceptors (Lipinski definition) is 3. The Morgan fingerprint density at radius 2 is 2.24 bits per heavy atom. The fourth-order valence-electron chi connectivity index (χ4n) is 1.42. The largest absolute Gasteiger partial charge is 0.396 e. The number of benzene rings is 1. The van der Waals surface area contributed by atoms with E-state index >= 15 is 0 Å². The highest BCUT2D eigenvalue weighted by Gasteiger charge is 2.11. The summed E-state index contributed by atoms with van der Waals surface area (Å²) in [5.41, 5.74) is 0.912. The van der Waals surface area contributed by atoms with Crippen LogP contribution >= 0.6 is 23.4 Å². The summed E-state index contributed by atoms with van der Waals surface area (Å²) >= 11 is 7.45. The van der Waals surface area contributed by atoms with E-state index in [1.165, 1.54) is 11.8 Å². The Hall–Kier alpha value is -0.710. The van der Waals surface area contributed by atoms with E-state index in [9.17, 15) is 4.79 Å². The van der Waals surface area contributed by atoms with Gasteiger partial charge in [0.1, 0.15) is 0 Å². The van der Waals surface area contributed by atoms with Crippen molar-refractivity contribution in [3.63, 3.8) is 0 Å². The highest BCUT2D eigenvalue weighted by molar-refractivity contribution is 7.99. The van der Waals surface area contributed by atoms with Gasteiger partial charge in [0.2, 0.25) is 5.91 Å². The molecule has 0 aliphatic heterocycles. The molecule has 1 amide bonds. The summed E-state index contributed by atoms with van der Waals surface area (Å²) in [5.74, 6) is 0.888. The molecule has 1 unspecified atom stereocenters. The molecule has 94 valence electrons. The van der Waals surface area contributed by atoms with Gasteiger partial charge < -0.3 is 10.4 Å². The molecule has 0 spiro atoms. The first-order valence-corrected chi connectivity index (χ1v) is 6.90. The third-order valence-corrected chi connectivity index (χ3v) is 3.50. The molecule has 0 fully saturated rings. The Kier molecular flexibility index (Phi) is 6.40. The molecule has 1 aromatic rings. The van der Waals surface area contributed by atoms with Crippen molar-refractivity contribution in [1.29, 1.82) is 0 Å². The van der Waals surface area contributed by atoms with E-state index in [4.69, 9.17) is 16.7 Å². The fourth-order valence-corrected chi connectivity index (χ4v) is 2.26. The number of amides is 1. The van der Waals surface area contributed by atoms with Crippen molar-refractivity contribution < 1.29 is 9.90 Å². The molecule has 0 saturated carbocycles. The normalized spacial score (nSPS) is 12.2. The third kappa shape index (κ3) is 4.98. The summed E-state index contributed by atoms with van der Waals surface area (Å²) in [4.78, 5) is 11.6. The van der Waals surface area contributed by atoms with Crippen LogP contribution in [0.2, 0.25) is 5.02 Å². The molecular formula is C12H16ClNO2S. The average Bonchev–Trinajstić information content (AvgIpc) is 2.29. The number of nitrogens with one attached hydrogen (secondary N) is 1. The van der Waals surface area contributed by atoms with E-state index in [1.807, 2.05) is 25.1 Å². The van der Waals surface area contributed by atoms with E-state index < -0.39 is 0 Å². The number of halogens is 1. The second-order valence-corrected chi connectivity index (χ2v) is 5.10. The molecular weight excluding hydrogens is 258 g/mol. The summed E-state index contributed by atoms with van der Waals surface area (Å²) in [6, 6.07) is 7.35. The van der Waals surface area contributed by atoms with Crippen molar-refractivity contribution in [1.82, 2.24) is 5.32 Å². The predicted molar refractivity (Wildman–Crippen MR) is 72.4 cm³/mol. The molecule has 0 aliphatic carbocycles. The molecule has 1 rings (SSSR count). The number of aliphatic hydroxyl groups excluding tert-OH is 1. The van der Waals surface area contributed by atoms with Gasteiger partial charge in [-0.05, 0) is 18.6 Å². The number of thioether (sulfide) groups is 1. The number of carbonyl (C=O) groups is 1. The molecule has 3 nitrogen and oxygen atoms in total. The van der Waals surface area contributed by atoms with Crippen LogP contribution in [0.3, 0.4) is 0 Å². The zero-order valence-electron chi connectivity index (χ0n) is 9.65. The molecule has 0 saturated heterocycles. The van der Waals surface area contributed by atoms with E-state index in [1.54, 1.807) is 6.07 Å². The molecule has 0 aliphatic rings. The number of aliphatic hydroxyl groups is 1. The summed E-state index contributed by atoms with van der Waals surface area (Å²) in [6.07, 6.45) is 0. The number of rotatable bonds is 6. The highest BCUT2D eigenvalue weighted by atomic mass is 35.5. The van der Waals surface area contributed by atoms with Crippen LogP contribution in [0.4, 0.5) is 0 Å². The lowest BCUT2D eigenvalue weighted by Crippen LogP contribution is -2.28. The number of hydrogen-bond donors (Lipinski definition) is 2. The predicted octanol–water partition coefficient (Wildman–Crippen LogP) is 2.24. The molecule has 1 aromatic carbocycles. The molecule has 1 atom stereocenters. The van der Waals surface area contributed by atoms with Crippen LogP contribution in [-0.2, 0) is 4.79 Å². The molecule has 0 radical (unpaired) electrons. The van der Waals surface area contributed by atoms with Crippen molar-refractivity contribution in [2.45, 2.75) is 13.0 Å². The van der Waals surface area contributed by atoms with Gasteiger partial charge in [-0.3, -0.25) is 4.79 Å². The lowest BCUT2D eigenvalue weighted by molar-refractivity contribution is -0.119. The van der Waals surface area contributed by atoms with Crippen molar-refractivity contribution in [2.75, 3.05) is 18.1 Å². The first kappa shape index (κ1) is 14.4. The fraction of sp³-hybridized carbons (Fsp3) is 0.417. The first-order chi connectivity index (χ1) is 8.15. The molecule has 5 heteroatoms. The lowest BCUT2D eigenvalue weighted by atomic mass is 10.1. The Balaban J connectivity index is 2.46. The van der Waals surface area contributed by atoms with Crippen LogP contribution in [0.15, 0.2) is 24.3 Å². The quantitative estimate of drug-likeness (QED) is 0.782. The van der Waals surface area contributed by atoms with E-state index in [-0.39, 0.29) is 18.6 Å². The topological polar surface area (TPSA) is 49.3 Å². The Labute approximate surface area is 111 Å². The second kappa shape index (κ2) is 7.58. The molecule has 17 heavy (non-hydrogen) atoms. The Morgan fingerprint density at radius 1 is 1.53 bits per heavy atom. The summed E-state index contributed by atoms with van der Waals surface area (Å²) in [7, 11) is 0. The lowest BCUT2D eigenvalue weighted by Gasteiger charge is -2.15. The molecule has 0 aromatic heterocycles. The van der Waals surface area contributed by atoms with Crippen LogP contribution in [0.25, 0.3) is 0 Å². The van der Waals surface area contributed by atoms with Crippen LogP contribution in [-0.4, -0.2) is 29.1 Å². The van der Waals surface area contributed by atoms with E-state index in [0.29, 0.717) is 16.5 Å². The van der Waals surface area contributed by atoms with Crippen molar-refractivity contribution >= 4 is 29.3 Å². The van der Waals surface area contributed by atoms with Gasteiger partial charge in [-0.2, -0.15) is 0 Å². The zero-order chi connectivity index (χ0) is 12.7. The Bertz CT molecular complexity index is 373. The zero-order valence-corrected chi connectivity index (χ0v) is 11.2. The van der Waals surface area contributed by atoms with Crippen molar-refractivity contribution in [3.8, 4) is 0 Å². The van der Waals surface area contributed by atoms with Gasteiger partial charge in [0.05, 0.1) is 18.4 Å². The second-order valence-electron chi connectivity index (χ2n) is 3.59.